The average molecular weight is 391 g/mol. The highest BCUT2D eigenvalue weighted by Crippen LogP contribution is 2.21. The van der Waals surface area contributed by atoms with Crippen molar-refractivity contribution in [1.29, 1.82) is 0 Å². The van der Waals surface area contributed by atoms with E-state index in [9.17, 15) is 13.2 Å². The average Bonchev–Trinajstić information content (AvgIpc) is 2.63. The molecule has 0 heterocycles. The molecule has 8 heteroatoms. The first kappa shape index (κ1) is 20.7. The first-order valence-corrected chi connectivity index (χ1v) is 10.2. The fourth-order valence-electron chi connectivity index (χ4n) is 2.41. The summed E-state index contributed by atoms with van der Waals surface area (Å²) in [5.41, 5.74) is 6.84. The molecule has 0 unspecified atom stereocenters. The molecule has 0 radical (unpaired) electrons. The van der Waals surface area contributed by atoms with Gasteiger partial charge in [-0.1, -0.05) is 6.07 Å². The van der Waals surface area contributed by atoms with Gasteiger partial charge in [-0.05, 0) is 68.8 Å². The predicted octanol–water partition coefficient (Wildman–Crippen LogP) is 2.27. The smallest absolute Gasteiger partial charge is 0.261 e. The van der Waals surface area contributed by atoms with Crippen molar-refractivity contribution in [3.8, 4) is 5.75 Å². The van der Waals surface area contributed by atoms with Crippen molar-refractivity contribution in [2.75, 3.05) is 24.4 Å². The van der Waals surface area contributed by atoms with Crippen LogP contribution in [0.3, 0.4) is 0 Å². The number of rotatable bonds is 9. The first-order chi connectivity index (χ1) is 12.9. The number of sulfonamides is 1. The minimum atomic E-state index is -3.83. The molecule has 0 aliphatic rings. The topological polar surface area (TPSA) is 111 Å². The predicted molar refractivity (Wildman–Crippen MR) is 106 cm³/mol. The molecule has 2 aromatic carbocycles. The fourth-order valence-corrected chi connectivity index (χ4v) is 3.50. The summed E-state index contributed by atoms with van der Waals surface area (Å²) in [6.45, 7) is 5.08. The van der Waals surface area contributed by atoms with Crippen LogP contribution in [0.4, 0.5) is 5.69 Å². The number of benzene rings is 2. The molecule has 0 aliphatic carbocycles. The van der Waals surface area contributed by atoms with Crippen LogP contribution in [-0.4, -0.2) is 34.0 Å². The summed E-state index contributed by atoms with van der Waals surface area (Å²) < 4.78 is 33.2. The van der Waals surface area contributed by atoms with Crippen molar-refractivity contribution in [2.24, 2.45) is 5.73 Å². The molecular formula is C19H25N3O4S. The van der Waals surface area contributed by atoms with Crippen LogP contribution in [0.15, 0.2) is 47.4 Å². The van der Waals surface area contributed by atoms with Crippen molar-refractivity contribution in [2.45, 2.75) is 25.2 Å². The normalized spacial score (nSPS) is 11.1. The lowest BCUT2D eigenvalue weighted by atomic mass is 10.1. The second-order valence-electron chi connectivity index (χ2n) is 5.94. The van der Waals surface area contributed by atoms with E-state index in [4.69, 9.17) is 10.5 Å². The Morgan fingerprint density at radius 2 is 1.85 bits per heavy atom. The summed E-state index contributed by atoms with van der Waals surface area (Å²) in [5, 5.41) is 2.74. The molecule has 0 bridgehead atoms. The second kappa shape index (κ2) is 9.38. The highest BCUT2D eigenvalue weighted by atomic mass is 32.2. The Kier molecular flexibility index (Phi) is 7.20. The molecule has 0 saturated heterocycles. The van der Waals surface area contributed by atoms with E-state index in [1.807, 2.05) is 6.92 Å². The molecular weight excluding hydrogens is 366 g/mol. The number of nitrogens with one attached hydrogen (secondary N) is 2. The van der Waals surface area contributed by atoms with E-state index in [2.05, 4.69) is 10.0 Å². The number of amides is 1. The third-order valence-corrected chi connectivity index (χ3v) is 5.23. The van der Waals surface area contributed by atoms with Crippen molar-refractivity contribution < 1.29 is 17.9 Å². The van der Waals surface area contributed by atoms with Gasteiger partial charge in [0.1, 0.15) is 5.75 Å². The number of anilines is 1. The third-order valence-electron chi connectivity index (χ3n) is 3.85. The van der Waals surface area contributed by atoms with Crippen LogP contribution >= 0.6 is 0 Å². The van der Waals surface area contributed by atoms with E-state index >= 15 is 0 Å². The van der Waals surface area contributed by atoms with E-state index in [0.717, 1.165) is 0 Å². The Bertz CT molecular complexity index is 880. The largest absolute Gasteiger partial charge is 0.494 e. The Balaban J connectivity index is 2.20. The van der Waals surface area contributed by atoms with Gasteiger partial charge in [0.25, 0.3) is 15.9 Å². The van der Waals surface area contributed by atoms with Gasteiger partial charge in [-0.15, -0.1) is 0 Å². The molecule has 0 saturated carbocycles. The molecule has 2 rings (SSSR count). The molecule has 7 nitrogen and oxygen atoms in total. The van der Waals surface area contributed by atoms with Crippen molar-refractivity contribution >= 4 is 21.6 Å². The molecule has 2 aromatic rings. The van der Waals surface area contributed by atoms with Gasteiger partial charge in [-0.2, -0.15) is 0 Å². The summed E-state index contributed by atoms with van der Waals surface area (Å²) >= 11 is 0. The summed E-state index contributed by atoms with van der Waals surface area (Å²) in [4.78, 5) is 12.3. The molecule has 1 amide bonds. The molecule has 0 aliphatic heterocycles. The quantitative estimate of drug-likeness (QED) is 0.568. The number of carbonyl (C=O) groups excluding carboxylic acids is 1. The second-order valence-corrected chi connectivity index (χ2v) is 7.62. The maximum atomic E-state index is 12.7. The van der Waals surface area contributed by atoms with Crippen LogP contribution in [-0.2, 0) is 10.0 Å². The lowest BCUT2D eigenvalue weighted by Crippen LogP contribution is -2.27. The molecule has 27 heavy (non-hydrogen) atoms. The van der Waals surface area contributed by atoms with Crippen LogP contribution < -0.4 is 20.5 Å². The number of nitrogens with two attached hydrogens (primary N) is 1. The zero-order chi connectivity index (χ0) is 19.9. The van der Waals surface area contributed by atoms with E-state index in [0.29, 0.717) is 48.7 Å². The Labute approximate surface area is 160 Å². The first-order valence-electron chi connectivity index (χ1n) is 8.72. The maximum Gasteiger partial charge on any atom is 0.261 e. The van der Waals surface area contributed by atoms with E-state index in [1.54, 1.807) is 37.3 Å². The molecule has 0 aromatic heterocycles. The highest BCUT2D eigenvalue weighted by Gasteiger charge is 2.18. The van der Waals surface area contributed by atoms with Crippen LogP contribution in [0.1, 0.15) is 29.3 Å². The number of aryl methyl sites for hydroxylation is 1. The van der Waals surface area contributed by atoms with Crippen LogP contribution in [0.2, 0.25) is 0 Å². The van der Waals surface area contributed by atoms with Crippen LogP contribution in [0, 0.1) is 6.92 Å². The summed E-state index contributed by atoms with van der Waals surface area (Å²) in [7, 11) is -3.83. The molecule has 0 atom stereocenters. The van der Waals surface area contributed by atoms with Gasteiger partial charge in [0.15, 0.2) is 0 Å². The van der Waals surface area contributed by atoms with E-state index in [-0.39, 0.29) is 10.8 Å². The van der Waals surface area contributed by atoms with Crippen molar-refractivity contribution in [1.82, 2.24) is 5.32 Å². The van der Waals surface area contributed by atoms with E-state index < -0.39 is 10.0 Å². The monoisotopic (exact) mass is 391 g/mol. The van der Waals surface area contributed by atoms with Gasteiger partial charge in [0, 0.05) is 17.8 Å². The summed E-state index contributed by atoms with van der Waals surface area (Å²) in [6.07, 6.45) is 0.655. The number of hydrogen-bond acceptors (Lipinski definition) is 5. The highest BCUT2D eigenvalue weighted by molar-refractivity contribution is 7.92. The minimum Gasteiger partial charge on any atom is -0.494 e. The number of carbonyl (C=O) groups is 1. The van der Waals surface area contributed by atoms with Gasteiger partial charge < -0.3 is 15.8 Å². The lowest BCUT2D eigenvalue weighted by molar-refractivity contribution is 0.0952. The Morgan fingerprint density at radius 1 is 1.15 bits per heavy atom. The fraction of sp³-hybridized carbons (Fsp3) is 0.316. The van der Waals surface area contributed by atoms with Crippen molar-refractivity contribution in [3.63, 3.8) is 0 Å². The van der Waals surface area contributed by atoms with Crippen molar-refractivity contribution in [3.05, 3.63) is 53.6 Å². The minimum absolute atomic E-state index is 0.0194. The number of hydrogen-bond donors (Lipinski definition) is 3. The van der Waals surface area contributed by atoms with E-state index in [1.165, 1.54) is 12.1 Å². The molecule has 0 fully saturated rings. The SMILES string of the molecule is CCOc1ccc(NS(=O)(=O)c2ccc(C)c(C(=O)NCCCN)c2)cc1. The third kappa shape index (κ3) is 5.70. The standard InChI is InChI=1S/C19H25N3O4S/c1-3-26-16-8-6-15(7-9-16)22-27(24,25)17-10-5-14(2)18(13-17)19(23)21-12-4-11-20/h5-10,13,22H,3-4,11-12,20H2,1-2H3,(H,21,23). The summed E-state index contributed by atoms with van der Waals surface area (Å²) in [5.74, 6) is 0.339. The van der Waals surface area contributed by atoms with Gasteiger partial charge in [-0.25, -0.2) is 8.42 Å². The van der Waals surface area contributed by atoms with Crippen LogP contribution in [0.5, 0.6) is 5.75 Å². The maximum absolute atomic E-state index is 12.7. The molecule has 146 valence electrons. The lowest BCUT2D eigenvalue weighted by Gasteiger charge is -2.12. The molecule has 0 spiro atoms. The zero-order valence-electron chi connectivity index (χ0n) is 15.5. The van der Waals surface area contributed by atoms with Gasteiger partial charge in [-0.3, -0.25) is 9.52 Å². The van der Waals surface area contributed by atoms with Gasteiger partial charge in [0.2, 0.25) is 0 Å². The Morgan fingerprint density at radius 3 is 2.48 bits per heavy atom. The summed E-state index contributed by atoms with van der Waals surface area (Å²) in [6, 6.07) is 11.1. The molecule has 4 N–H and O–H groups in total. The zero-order valence-corrected chi connectivity index (χ0v) is 16.3. The van der Waals surface area contributed by atoms with Gasteiger partial charge in [0.05, 0.1) is 11.5 Å². The Hall–Kier alpha value is -2.58. The number of ether oxygens (including phenoxy) is 1. The van der Waals surface area contributed by atoms with Gasteiger partial charge >= 0.3 is 0 Å². The van der Waals surface area contributed by atoms with Crippen LogP contribution in [0.25, 0.3) is 0 Å².